The molecule has 2 unspecified atom stereocenters. The van der Waals surface area contributed by atoms with Crippen molar-refractivity contribution < 1.29 is 19.0 Å². The van der Waals surface area contributed by atoms with E-state index in [4.69, 9.17) is 37.4 Å². The first-order valence-electron chi connectivity index (χ1n) is 11.5. The number of carbonyl (C=O) groups is 1. The quantitative estimate of drug-likeness (QED) is 0.262. The summed E-state index contributed by atoms with van der Waals surface area (Å²) in [7, 11) is 0. The minimum atomic E-state index is -1.03. The monoisotopic (exact) mass is 522 g/mol. The van der Waals surface area contributed by atoms with Crippen LogP contribution in [0.25, 0.3) is 0 Å². The van der Waals surface area contributed by atoms with E-state index < -0.39 is 5.79 Å². The van der Waals surface area contributed by atoms with Crippen molar-refractivity contribution in [3.05, 3.63) is 118 Å². The van der Waals surface area contributed by atoms with Gasteiger partial charge in [0.05, 0.1) is 25.0 Å². The number of rotatable bonds is 8. The number of aromatic nitrogens is 2. The Morgan fingerprint density at radius 3 is 2.64 bits per heavy atom. The fourth-order valence-electron chi connectivity index (χ4n) is 4.18. The van der Waals surface area contributed by atoms with Crippen LogP contribution in [0.5, 0.6) is 5.75 Å². The first-order chi connectivity index (χ1) is 17.4. The maximum absolute atomic E-state index is 13.2. The van der Waals surface area contributed by atoms with Crippen LogP contribution in [0.15, 0.2) is 85.5 Å². The molecule has 36 heavy (non-hydrogen) atoms. The zero-order valence-corrected chi connectivity index (χ0v) is 21.1. The lowest BCUT2D eigenvalue weighted by Gasteiger charge is -2.29. The number of imidazole rings is 1. The van der Waals surface area contributed by atoms with E-state index in [2.05, 4.69) is 4.98 Å². The molecule has 6 nitrogen and oxygen atoms in total. The van der Waals surface area contributed by atoms with Crippen molar-refractivity contribution >= 4 is 29.0 Å². The smallest absolute Gasteiger partial charge is 0.214 e. The molecule has 8 heteroatoms. The zero-order chi connectivity index (χ0) is 25.1. The summed E-state index contributed by atoms with van der Waals surface area (Å²) >= 11 is 12.5. The summed E-state index contributed by atoms with van der Waals surface area (Å²) in [4.78, 5) is 17.3. The molecule has 2 atom stereocenters. The predicted molar refractivity (Wildman–Crippen MR) is 138 cm³/mol. The Morgan fingerprint density at radius 2 is 1.92 bits per heavy atom. The molecular weight excluding hydrogens is 499 g/mol. The van der Waals surface area contributed by atoms with Gasteiger partial charge in [-0.05, 0) is 36.8 Å². The Morgan fingerprint density at radius 1 is 1.14 bits per heavy atom. The summed E-state index contributed by atoms with van der Waals surface area (Å²) < 4.78 is 20.8. The molecule has 0 spiro atoms. The number of benzene rings is 3. The van der Waals surface area contributed by atoms with Crippen LogP contribution in [0, 0.1) is 6.92 Å². The molecule has 0 aliphatic carbocycles. The number of nitrogens with zero attached hydrogens (tertiary/aromatic N) is 2. The standard InChI is InChI=1S/C28H24Cl2N2O4/c1-19-13-26(24(14-25(19)30)27(33)20-5-3-2-4-6-20)34-15-23-16-35-28(36-23,17-32-12-11-31-18-32)21-7-9-22(29)10-8-21/h2-14,18,23H,15-17H2,1H3. The van der Waals surface area contributed by atoms with Gasteiger partial charge < -0.3 is 18.8 Å². The van der Waals surface area contributed by atoms with Crippen LogP contribution in [-0.4, -0.2) is 34.7 Å². The van der Waals surface area contributed by atoms with Crippen molar-refractivity contribution in [3.8, 4) is 5.75 Å². The van der Waals surface area contributed by atoms with Gasteiger partial charge in [0.25, 0.3) is 0 Å². The number of ether oxygens (including phenoxy) is 3. The summed E-state index contributed by atoms with van der Waals surface area (Å²) in [6.45, 7) is 2.78. The van der Waals surface area contributed by atoms with Crippen molar-refractivity contribution in [2.75, 3.05) is 13.2 Å². The molecule has 1 saturated heterocycles. The van der Waals surface area contributed by atoms with Crippen molar-refractivity contribution in [1.82, 2.24) is 9.55 Å². The molecule has 184 valence electrons. The van der Waals surface area contributed by atoms with Gasteiger partial charge in [-0.25, -0.2) is 4.98 Å². The Balaban J connectivity index is 1.37. The fraction of sp³-hybridized carbons (Fsp3) is 0.214. The van der Waals surface area contributed by atoms with E-state index in [0.29, 0.717) is 40.1 Å². The van der Waals surface area contributed by atoms with E-state index in [1.807, 2.05) is 48.0 Å². The average Bonchev–Trinajstić information content (AvgIpc) is 3.56. The lowest BCUT2D eigenvalue weighted by atomic mass is 10.0. The first kappa shape index (κ1) is 24.5. The number of halogens is 2. The number of carbonyl (C=O) groups excluding carboxylic acids is 1. The van der Waals surface area contributed by atoms with E-state index >= 15 is 0 Å². The van der Waals surface area contributed by atoms with Gasteiger partial charge in [-0.3, -0.25) is 4.79 Å². The highest BCUT2D eigenvalue weighted by atomic mass is 35.5. The Hall–Kier alpha value is -3.16. The summed E-state index contributed by atoms with van der Waals surface area (Å²) in [5.41, 5.74) is 2.61. The number of aryl methyl sites for hydroxylation is 1. The van der Waals surface area contributed by atoms with Gasteiger partial charge in [-0.2, -0.15) is 0 Å². The van der Waals surface area contributed by atoms with Crippen LogP contribution in [0.4, 0.5) is 0 Å². The molecule has 0 radical (unpaired) electrons. The minimum absolute atomic E-state index is 0.160. The first-order valence-corrected chi connectivity index (χ1v) is 12.3. The molecule has 3 aromatic carbocycles. The molecule has 1 fully saturated rings. The van der Waals surface area contributed by atoms with Crippen LogP contribution in [0.2, 0.25) is 10.0 Å². The Labute approximate surface area is 219 Å². The molecule has 0 amide bonds. The van der Waals surface area contributed by atoms with E-state index in [0.717, 1.165) is 11.1 Å². The fourth-order valence-corrected chi connectivity index (χ4v) is 4.47. The van der Waals surface area contributed by atoms with Crippen molar-refractivity contribution in [3.63, 3.8) is 0 Å². The molecular formula is C28H24Cl2N2O4. The Bertz CT molecular complexity index is 1340. The molecule has 0 bridgehead atoms. The number of ketones is 1. The number of hydrogen-bond acceptors (Lipinski definition) is 5. The third-order valence-corrected chi connectivity index (χ3v) is 6.72. The Kier molecular flexibility index (Phi) is 7.12. The maximum atomic E-state index is 13.2. The largest absolute Gasteiger partial charge is 0.490 e. The highest BCUT2D eigenvalue weighted by Crippen LogP contribution is 2.37. The SMILES string of the molecule is Cc1cc(OCC2COC(Cn3ccnc3)(c3ccc(Cl)cc3)O2)c(C(=O)c2ccccc2)cc1Cl. The van der Waals surface area contributed by atoms with Crippen LogP contribution in [0.1, 0.15) is 27.0 Å². The molecule has 1 aliphatic heterocycles. The molecule has 4 aromatic rings. The molecule has 0 N–H and O–H groups in total. The second-order valence-electron chi connectivity index (χ2n) is 8.65. The summed E-state index contributed by atoms with van der Waals surface area (Å²) in [5.74, 6) is -0.738. The second kappa shape index (κ2) is 10.4. The average molecular weight is 523 g/mol. The molecule has 2 heterocycles. The minimum Gasteiger partial charge on any atom is -0.490 e. The third kappa shape index (κ3) is 5.18. The molecule has 1 aromatic heterocycles. The van der Waals surface area contributed by atoms with Crippen LogP contribution in [-0.2, 0) is 21.8 Å². The van der Waals surface area contributed by atoms with Gasteiger partial charge >= 0.3 is 0 Å². The van der Waals surface area contributed by atoms with Gasteiger partial charge in [0.2, 0.25) is 5.79 Å². The maximum Gasteiger partial charge on any atom is 0.214 e. The molecule has 0 saturated carbocycles. The van der Waals surface area contributed by atoms with E-state index in [1.165, 1.54) is 0 Å². The lowest BCUT2D eigenvalue weighted by molar-refractivity contribution is -0.189. The predicted octanol–water partition coefficient (Wildman–Crippen LogP) is 6.08. The van der Waals surface area contributed by atoms with Gasteiger partial charge in [0.15, 0.2) is 5.78 Å². The molecule has 1 aliphatic rings. The highest BCUT2D eigenvalue weighted by Gasteiger charge is 2.44. The normalized spacial score (nSPS) is 19.4. The highest BCUT2D eigenvalue weighted by molar-refractivity contribution is 6.32. The van der Waals surface area contributed by atoms with E-state index in [9.17, 15) is 4.79 Å². The second-order valence-corrected chi connectivity index (χ2v) is 9.49. The van der Waals surface area contributed by atoms with Gasteiger partial charge in [0.1, 0.15) is 18.5 Å². The van der Waals surface area contributed by atoms with Crippen LogP contribution < -0.4 is 4.74 Å². The van der Waals surface area contributed by atoms with E-state index in [-0.39, 0.29) is 18.5 Å². The van der Waals surface area contributed by atoms with Crippen molar-refractivity contribution in [2.24, 2.45) is 0 Å². The topological polar surface area (TPSA) is 62.6 Å². The molecule has 5 rings (SSSR count). The lowest BCUT2D eigenvalue weighted by Crippen LogP contribution is -2.34. The number of hydrogen-bond donors (Lipinski definition) is 0. The van der Waals surface area contributed by atoms with Crippen molar-refractivity contribution in [1.29, 1.82) is 0 Å². The summed E-state index contributed by atoms with van der Waals surface area (Å²) in [6, 6.07) is 19.9. The summed E-state index contributed by atoms with van der Waals surface area (Å²) in [5, 5.41) is 1.13. The van der Waals surface area contributed by atoms with Crippen molar-refractivity contribution in [2.45, 2.75) is 25.4 Å². The van der Waals surface area contributed by atoms with Crippen LogP contribution >= 0.6 is 23.2 Å². The van der Waals surface area contributed by atoms with Gasteiger partial charge in [-0.1, -0.05) is 65.7 Å². The van der Waals surface area contributed by atoms with Crippen LogP contribution in [0.3, 0.4) is 0 Å². The van der Waals surface area contributed by atoms with Gasteiger partial charge in [0, 0.05) is 33.6 Å². The zero-order valence-electron chi connectivity index (χ0n) is 19.6. The third-order valence-electron chi connectivity index (χ3n) is 6.06. The van der Waals surface area contributed by atoms with E-state index in [1.54, 1.807) is 48.9 Å². The van der Waals surface area contributed by atoms with Gasteiger partial charge in [-0.15, -0.1) is 0 Å². The summed E-state index contributed by atoms with van der Waals surface area (Å²) in [6.07, 6.45) is 4.90.